The fourth-order valence-electron chi connectivity index (χ4n) is 1.34. The van der Waals surface area contributed by atoms with Crippen LogP contribution in [0.4, 0.5) is 0 Å². The van der Waals surface area contributed by atoms with Gasteiger partial charge in [0.2, 0.25) is 0 Å². The lowest BCUT2D eigenvalue weighted by atomic mass is 10.0. The number of nitrogens with one attached hydrogen (secondary N) is 1. The zero-order chi connectivity index (χ0) is 10.4. The van der Waals surface area contributed by atoms with Gasteiger partial charge in [-0.3, -0.25) is 0 Å². The minimum atomic E-state index is -0.525. The first-order valence-electron chi connectivity index (χ1n) is 4.83. The Labute approximate surface area is 84.4 Å². The van der Waals surface area contributed by atoms with Crippen molar-refractivity contribution in [2.24, 2.45) is 0 Å². The Balaban J connectivity index is 2.52. The summed E-state index contributed by atoms with van der Waals surface area (Å²) in [5.74, 6) is 0. The van der Waals surface area contributed by atoms with Gasteiger partial charge in [0, 0.05) is 12.6 Å². The number of rotatable bonds is 5. The molecular formula is C11H17NO2. The first kappa shape index (κ1) is 11.2. The van der Waals surface area contributed by atoms with E-state index in [1.807, 2.05) is 37.3 Å². The average Bonchev–Trinajstić information content (AvgIpc) is 2.26. The van der Waals surface area contributed by atoms with Crippen LogP contribution >= 0.6 is 0 Å². The van der Waals surface area contributed by atoms with Gasteiger partial charge in [-0.2, -0.15) is 0 Å². The van der Waals surface area contributed by atoms with Gasteiger partial charge in [0.25, 0.3) is 0 Å². The molecule has 78 valence electrons. The molecule has 0 aliphatic heterocycles. The molecular weight excluding hydrogens is 178 g/mol. The first-order chi connectivity index (χ1) is 6.75. The van der Waals surface area contributed by atoms with Gasteiger partial charge in [-0.15, -0.1) is 0 Å². The summed E-state index contributed by atoms with van der Waals surface area (Å²) in [6, 6.07) is 9.45. The van der Waals surface area contributed by atoms with Crippen LogP contribution in [-0.2, 0) is 0 Å². The van der Waals surface area contributed by atoms with Gasteiger partial charge >= 0.3 is 0 Å². The Hall–Kier alpha value is -0.900. The van der Waals surface area contributed by atoms with E-state index in [1.54, 1.807) is 0 Å². The fraction of sp³-hybridized carbons (Fsp3) is 0.455. The lowest BCUT2D eigenvalue weighted by molar-refractivity contribution is 0.132. The molecule has 14 heavy (non-hydrogen) atoms. The maximum absolute atomic E-state index is 9.87. The summed E-state index contributed by atoms with van der Waals surface area (Å²) >= 11 is 0. The van der Waals surface area contributed by atoms with E-state index in [4.69, 9.17) is 5.11 Å². The largest absolute Gasteiger partial charge is 0.395 e. The topological polar surface area (TPSA) is 52.5 Å². The highest BCUT2D eigenvalue weighted by atomic mass is 16.3. The molecule has 0 saturated heterocycles. The normalized spacial score (nSPS) is 15.1. The van der Waals surface area contributed by atoms with Gasteiger partial charge in [0.1, 0.15) is 0 Å². The zero-order valence-corrected chi connectivity index (χ0v) is 8.35. The highest BCUT2D eigenvalue weighted by molar-refractivity contribution is 5.18. The van der Waals surface area contributed by atoms with Crippen molar-refractivity contribution < 1.29 is 10.2 Å². The van der Waals surface area contributed by atoms with E-state index in [0.29, 0.717) is 6.54 Å². The third-order valence-corrected chi connectivity index (χ3v) is 2.19. The molecule has 3 nitrogen and oxygen atoms in total. The van der Waals surface area contributed by atoms with Gasteiger partial charge in [0.15, 0.2) is 0 Å². The first-order valence-corrected chi connectivity index (χ1v) is 4.83. The molecule has 1 aromatic carbocycles. The Morgan fingerprint density at radius 3 is 2.50 bits per heavy atom. The van der Waals surface area contributed by atoms with Crippen LogP contribution in [0.2, 0.25) is 0 Å². The van der Waals surface area contributed by atoms with Crippen molar-refractivity contribution in [3.8, 4) is 0 Å². The second-order valence-electron chi connectivity index (χ2n) is 3.32. The van der Waals surface area contributed by atoms with Crippen molar-refractivity contribution in [1.29, 1.82) is 0 Å². The molecule has 2 atom stereocenters. The molecule has 0 fully saturated rings. The Morgan fingerprint density at radius 2 is 1.93 bits per heavy atom. The van der Waals surface area contributed by atoms with E-state index >= 15 is 0 Å². The lowest BCUT2D eigenvalue weighted by Crippen LogP contribution is -2.34. The monoisotopic (exact) mass is 195 g/mol. The van der Waals surface area contributed by atoms with E-state index in [9.17, 15) is 5.11 Å². The summed E-state index contributed by atoms with van der Waals surface area (Å²) in [4.78, 5) is 0. The molecule has 0 spiro atoms. The molecule has 1 aromatic rings. The SMILES string of the molecule is C[C@@H](NCCO)[C@@H](O)c1ccccc1. The van der Waals surface area contributed by atoms with Crippen LogP contribution in [0.3, 0.4) is 0 Å². The predicted octanol–water partition coefficient (Wildman–Crippen LogP) is 0.690. The predicted molar refractivity (Wildman–Crippen MR) is 56.0 cm³/mol. The van der Waals surface area contributed by atoms with Gasteiger partial charge in [-0.05, 0) is 12.5 Å². The van der Waals surface area contributed by atoms with E-state index in [1.165, 1.54) is 0 Å². The van der Waals surface area contributed by atoms with Crippen molar-refractivity contribution in [2.75, 3.05) is 13.2 Å². The van der Waals surface area contributed by atoms with Gasteiger partial charge in [-0.1, -0.05) is 30.3 Å². The highest BCUT2D eigenvalue weighted by Crippen LogP contribution is 2.15. The van der Waals surface area contributed by atoms with Gasteiger partial charge in [-0.25, -0.2) is 0 Å². The quantitative estimate of drug-likeness (QED) is 0.648. The number of aliphatic hydroxyl groups is 2. The molecule has 0 aromatic heterocycles. The summed E-state index contributed by atoms with van der Waals surface area (Å²) in [6.07, 6.45) is -0.525. The molecule has 0 bridgehead atoms. The van der Waals surface area contributed by atoms with Crippen LogP contribution < -0.4 is 5.32 Å². The molecule has 0 heterocycles. The summed E-state index contributed by atoms with van der Waals surface area (Å²) in [7, 11) is 0. The Morgan fingerprint density at radius 1 is 1.29 bits per heavy atom. The maximum atomic E-state index is 9.87. The van der Waals surface area contributed by atoms with Crippen LogP contribution in [0, 0.1) is 0 Å². The van der Waals surface area contributed by atoms with Gasteiger partial charge < -0.3 is 15.5 Å². The molecule has 1 rings (SSSR count). The summed E-state index contributed by atoms with van der Waals surface area (Å²) in [5, 5.41) is 21.5. The molecule has 0 saturated carbocycles. The smallest absolute Gasteiger partial charge is 0.0940 e. The van der Waals surface area contributed by atoms with Crippen molar-refractivity contribution >= 4 is 0 Å². The number of benzene rings is 1. The third-order valence-electron chi connectivity index (χ3n) is 2.19. The average molecular weight is 195 g/mol. The van der Waals surface area contributed by atoms with Crippen LogP contribution in [0.5, 0.6) is 0 Å². The second kappa shape index (κ2) is 5.75. The maximum Gasteiger partial charge on any atom is 0.0940 e. The molecule has 3 heteroatoms. The second-order valence-corrected chi connectivity index (χ2v) is 3.32. The number of hydrogen-bond acceptors (Lipinski definition) is 3. The third kappa shape index (κ3) is 3.10. The number of aliphatic hydroxyl groups excluding tert-OH is 2. The van der Waals surface area contributed by atoms with Crippen molar-refractivity contribution in [2.45, 2.75) is 19.1 Å². The van der Waals surface area contributed by atoms with E-state index in [-0.39, 0.29) is 12.6 Å². The van der Waals surface area contributed by atoms with Gasteiger partial charge in [0.05, 0.1) is 12.7 Å². The molecule has 0 aliphatic rings. The summed E-state index contributed by atoms with van der Waals surface area (Å²) in [5.41, 5.74) is 0.894. The standard InChI is InChI=1S/C11H17NO2/c1-9(12-7-8-13)11(14)10-5-3-2-4-6-10/h2-6,9,11-14H,7-8H2,1H3/t9-,11-/m1/s1. The van der Waals surface area contributed by atoms with Crippen molar-refractivity contribution in [3.05, 3.63) is 35.9 Å². The van der Waals surface area contributed by atoms with E-state index in [0.717, 1.165) is 5.56 Å². The zero-order valence-electron chi connectivity index (χ0n) is 8.35. The van der Waals surface area contributed by atoms with Crippen LogP contribution in [0.15, 0.2) is 30.3 Å². The molecule has 0 unspecified atom stereocenters. The molecule has 3 N–H and O–H groups in total. The van der Waals surface area contributed by atoms with Crippen molar-refractivity contribution in [3.63, 3.8) is 0 Å². The molecule has 0 radical (unpaired) electrons. The lowest BCUT2D eigenvalue weighted by Gasteiger charge is -2.20. The fourth-order valence-corrected chi connectivity index (χ4v) is 1.34. The van der Waals surface area contributed by atoms with Crippen LogP contribution in [0.1, 0.15) is 18.6 Å². The Bertz CT molecular complexity index is 251. The van der Waals surface area contributed by atoms with Crippen molar-refractivity contribution in [1.82, 2.24) is 5.32 Å². The Kier molecular flexibility index (Phi) is 4.59. The van der Waals surface area contributed by atoms with E-state index in [2.05, 4.69) is 5.32 Å². The number of hydrogen-bond donors (Lipinski definition) is 3. The minimum Gasteiger partial charge on any atom is -0.395 e. The summed E-state index contributed by atoms with van der Waals surface area (Å²) in [6.45, 7) is 2.49. The minimum absolute atomic E-state index is 0.0513. The van der Waals surface area contributed by atoms with Crippen LogP contribution in [-0.4, -0.2) is 29.4 Å². The molecule has 0 aliphatic carbocycles. The van der Waals surface area contributed by atoms with E-state index < -0.39 is 6.10 Å². The molecule has 0 amide bonds. The van der Waals surface area contributed by atoms with Crippen LogP contribution in [0.25, 0.3) is 0 Å². The summed E-state index contributed by atoms with van der Waals surface area (Å²) < 4.78 is 0. The highest BCUT2D eigenvalue weighted by Gasteiger charge is 2.14.